The van der Waals surface area contributed by atoms with Crippen LogP contribution in [0, 0.1) is 0 Å². The van der Waals surface area contributed by atoms with E-state index in [0.29, 0.717) is 18.9 Å². The van der Waals surface area contributed by atoms with E-state index in [1.165, 1.54) is 7.11 Å². The van der Waals surface area contributed by atoms with Crippen LogP contribution in [0.15, 0.2) is 54.6 Å². The van der Waals surface area contributed by atoms with Gasteiger partial charge in [-0.2, -0.15) is 0 Å². The summed E-state index contributed by atoms with van der Waals surface area (Å²) in [6.45, 7) is 3.74. The number of ether oxygens (including phenoxy) is 3. The third-order valence-corrected chi connectivity index (χ3v) is 5.02. The highest BCUT2D eigenvalue weighted by Crippen LogP contribution is 2.28. The van der Waals surface area contributed by atoms with Gasteiger partial charge in [0.05, 0.1) is 20.3 Å². The van der Waals surface area contributed by atoms with E-state index in [0.717, 1.165) is 24.1 Å². The van der Waals surface area contributed by atoms with E-state index in [1.54, 1.807) is 0 Å². The molecule has 0 radical (unpaired) electrons. The van der Waals surface area contributed by atoms with Gasteiger partial charge in [0.15, 0.2) is 6.61 Å². The number of morpholine rings is 1. The van der Waals surface area contributed by atoms with Gasteiger partial charge in [-0.1, -0.05) is 42.5 Å². The molecule has 2 unspecified atom stereocenters. The van der Waals surface area contributed by atoms with E-state index >= 15 is 0 Å². The Hall–Kier alpha value is -2.41. The van der Waals surface area contributed by atoms with Gasteiger partial charge in [-0.25, -0.2) is 4.79 Å². The maximum Gasteiger partial charge on any atom is 0.343 e. The first-order chi connectivity index (χ1) is 13.5. The highest BCUT2D eigenvalue weighted by Gasteiger charge is 2.37. The van der Waals surface area contributed by atoms with Crippen molar-refractivity contribution in [1.29, 1.82) is 0 Å². The third kappa shape index (κ3) is 5.10. The Morgan fingerprint density at radius 1 is 1.21 bits per heavy atom. The lowest BCUT2D eigenvalue weighted by atomic mass is 10.0. The highest BCUT2D eigenvalue weighted by molar-refractivity contribution is 5.70. The summed E-state index contributed by atoms with van der Waals surface area (Å²) in [5, 5.41) is 11.0. The number of esters is 1. The zero-order chi connectivity index (χ0) is 20.0. The molecule has 6 heteroatoms. The van der Waals surface area contributed by atoms with E-state index in [1.807, 2.05) is 54.6 Å². The molecule has 1 aliphatic heterocycles. The Morgan fingerprint density at radius 3 is 2.61 bits per heavy atom. The topological polar surface area (TPSA) is 68.2 Å². The van der Waals surface area contributed by atoms with Crippen molar-refractivity contribution in [3.05, 3.63) is 65.7 Å². The lowest BCUT2D eigenvalue weighted by Crippen LogP contribution is -2.53. The van der Waals surface area contributed by atoms with Crippen molar-refractivity contribution in [3.63, 3.8) is 0 Å². The van der Waals surface area contributed by atoms with Crippen molar-refractivity contribution < 1.29 is 24.1 Å². The minimum Gasteiger partial charge on any atom is -0.482 e. The van der Waals surface area contributed by atoms with Crippen molar-refractivity contribution in [2.45, 2.75) is 25.2 Å². The van der Waals surface area contributed by atoms with Crippen molar-refractivity contribution in [3.8, 4) is 5.75 Å². The van der Waals surface area contributed by atoms with Crippen LogP contribution >= 0.6 is 0 Å². The minimum atomic E-state index is -1.28. The summed E-state index contributed by atoms with van der Waals surface area (Å²) in [6.07, 6.45) is 0.835. The van der Waals surface area contributed by atoms with Gasteiger partial charge in [-0.05, 0) is 31.0 Å². The van der Waals surface area contributed by atoms with Crippen LogP contribution in [0.5, 0.6) is 5.75 Å². The average Bonchev–Trinajstić information content (AvgIpc) is 2.73. The summed E-state index contributed by atoms with van der Waals surface area (Å²) in [7, 11) is 1.33. The molecule has 1 aliphatic rings. The predicted molar refractivity (Wildman–Crippen MR) is 105 cm³/mol. The van der Waals surface area contributed by atoms with E-state index < -0.39 is 11.8 Å². The fraction of sp³-hybridized carbons (Fsp3) is 0.409. The Bertz CT molecular complexity index is 764. The second kappa shape index (κ2) is 9.19. The number of hydrogen-bond acceptors (Lipinski definition) is 6. The Labute approximate surface area is 165 Å². The number of β-amino-alcohol motifs (C(OH)–C–C–N with tert-alkyl or cyclic N) is 1. The molecular weight excluding hydrogens is 358 g/mol. The van der Waals surface area contributed by atoms with Crippen molar-refractivity contribution >= 4 is 5.97 Å². The highest BCUT2D eigenvalue weighted by atomic mass is 16.6. The van der Waals surface area contributed by atoms with Crippen LogP contribution < -0.4 is 4.74 Å². The largest absolute Gasteiger partial charge is 0.482 e. The van der Waals surface area contributed by atoms with Gasteiger partial charge in [0.1, 0.15) is 5.75 Å². The summed E-state index contributed by atoms with van der Waals surface area (Å²) < 4.78 is 15.7. The number of carbonyl (C=O) groups is 1. The van der Waals surface area contributed by atoms with Crippen molar-refractivity contribution in [2.75, 3.05) is 33.4 Å². The standard InChI is InChI=1S/C22H27NO5/c1-17(14-18-8-10-20(11-9-18)27-15-21(24)26-2)23-12-13-28-22(25,16-23)19-6-4-3-5-7-19/h3-11,17,25H,12-16H2,1-2H3. The zero-order valence-corrected chi connectivity index (χ0v) is 16.3. The number of aliphatic hydroxyl groups is 1. The van der Waals surface area contributed by atoms with E-state index in [2.05, 4.69) is 16.6 Å². The Kier molecular flexibility index (Phi) is 6.67. The first-order valence-electron chi connectivity index (χ1n) is 9.44. The number of carbonyl (C=O) groups excluding carboxylic acids is 1. The second-order valence-electron chi connectivity index (χ2n) is 7.03. The molecule has 1 saturated heterocycles. The van der Waals surface area contributed by atoms with Crippen LogP contribution in [0.4, 0.5) is 0 Å². The van der Waals surface area contributed by atoms with Gasteiger partial charge < -0.3 is 19.3 Å². The molecule has 2 aromatic rings. The maximum absolute atomic E-state index is 11.1. The van der Waals surface area contributed by atoms with Gasteiger partial charge in [0.2, 0.25) is 5.79 Å². The summed E-state index contributed by atoms with van der Waals surface area (Å²) in [5.74, 6) is -1.05. The van der Waals surface area contributed by atoms with Crippen LogP contribution in [0.2, 0.25) is 0 Å². The number of methoxy groups -OCH3 is 1. The van der Waals surface area contributed by atoms with Gasteiger partial charge in [-0.3, -0.25) is 4.90 Å². The Balaban J connectivity index is 1.58. The first kappa shape index (κ1) is 20.3. The molecule has 150 valence electrons. The van der Waals surface area contributed by atoms with Crippen LogP contribution in [0.3, 0.4) is 0 Å². The molecule has 0 amide bonds. The molecule has 1 fully saturated rings. The molecular formula is C22H27NO5. The quantitative estimate of drug-likeness (QED) is 0.738. The summed E-state index contributed by atoms with van der Waals surface area (Å²) in [4.78, 5) is 13.4. The van der Waals surface area contributed by atoms with E-state index in [9.17, 15) is 9.90 Å². The summed E-state index contributed by atoms with van der Waals surface area (Å²) in [5.41, 5.74) is 1.94. The third-order valence-electron chi connectivity index (χ3n) is 5.02. The smallest absolute Gasteiger partial charge is 0.343 e. The van der Waals surface area contributed by atoms with Crippen molar-refractivity contribution in [1.82, 2.24) is 4.90 Å². The molecule has 28 heavy (non-hydrogen) atoms. The van der Waals surface area contributed by atoms with Crippen LogP contribution in [0.25, 0.3) is 0 Å². The zero-order valence-electron chi connectivity index (χ0n) is 16.3. The lowest BCUT2D eigenvalue weighted by molar-refractivity contribution is -0.251. The molecule has 0 aromatic heterocycles. The van der Waals surface area contributed by atoms with Crippen LogP contribution in [0.1, 0.15) is 18.1 Å². The maximum atomic E-state index is 11.1. The Morgan fingerprint density at radius 2 is 1.93 bits per heavy atom. The van der Waals surface area contributed by atoms with Gasteiger partial charge in [0.25, 0.3) is 0 Å². The molecule has 2 aromatic carbocycles. The fourth-order valence-corrected chi connectivity index (χ4v) is 3.37. The van der Waals surface area contributed by atoms with Crippen molar-refractivity contribution in [2.24, 2.45) is 0 Å². The molecule has 6 nitrogen and oxygen atoms in total. The van der Waals surface area contributed by atoms with Gasteiger partial charge >= 0.3 is 5.97 Å². The SMILES string of the molecule is COC(=O)COc1ccc(CC(C)N2CCOC(O)(c3ccccc3)C2)cc1. The molecule has 3 rings (SSSR count). The number of hydrogen-bond donors (Lipinski definition) is 1. The monoisotopic (exact) mass is 385 g/mol. The number of benzene rings is 2. The van der Waals surface area contributed by atoms with Crippen LogP contribution in [-0.4, -0.2) is 55.4 Å². The summed E-state index contributed by atoms with van der Waals surface area (Å²) >= 11 is 0. The first-order valence-corrected chi connectivity index (χ1v) is 9.44. The fourth-order valence-electron chi connectivity index (χ4n) is 3.37. The molecule has 0 spiro atoms. The molecule has 1 N–H and O–H groups in total. The minimum absolute atomic E-state index is 0.0991. The van der Waals surface area contributed by atoms with E-state index in [-0.39, 0.29) is 12.6 Å². The van der Waals surface area contributed by atoms with Crippen LogP contribution in [-0.2, 0) is 26.5 Å². The summed E-state index contributed by atoms with van der Waals surface area (Å²) in [6, 6.07) is 17.4. The average molecular weight is 385 g/mol. The molecule has 0 bridgehead atoms. The number of rotatable bonds is 7. The van der Waals surface area contributed by atoms with Gasteiger partial charge in [0, 0.05) is 18.2 Å². The molecule has 0 aliphatic carbocycles. The predicted octanol–water partition coefficient (Wildman–Crippen LogP) is 2.35. The lowest BCUT2D eigenvalue weighted by Gasteiger charge is -2.42. The van der Waals surface area contributed by atoms with Gasteiger partial charge in [-0.15, -0.1) is 0 Å². The number of nitrogens with zero attached hydrogens (tertiary/aromatic N) is 1. The molecule has 0 saturated carbocycles. The van der Waals surface area contributed by atoms with E-state index in [4.69, 9.17) is 9.47 Å². The second-order valence-corrected chi connectivity index (χ2v) is 7.03. The normalized spacial score (nSPS) is 21.1. The molecule has 2 atom stereocenters. The molecule has 1 heterocycles.